The first-order valence-corrected chi connectivity index (χ1v) is 6.32. The summed E-state index contributed by atoms with van der Waals surface area (Å²) in [6, 6.07) is 5.89. The normalized spacial score (nSPS) is 11.9. The van der Waals surface area contributed by atoms with Gasteiger partial charge in [0, 0.05) is 31.2 Å². The molecule has 1 aromatic rings. The number of benzene rings is 1. The number of nitrogen functional groups attached to an aromatic ring is 1. The molecule has 0 radical (unpaired) electrons. The van der Waals surface area contributed by atoms with Crippen LogP contribution in [-0.2, 0) is 12.7 Å². The van der Waals surface area contributed by atoms with E-state index >= 15 is 0 Å². The van der Waals surface area contributed by atoms with Gasteiger partial charge in [0.05, 0.1) is 11.6 Å². The van der Waals surface area contributed by atoms with Crippen LogP contribution in [0.4, 0.5) is 18.9 Å². The minimum absolute atomic E-state index is 0.0574. The fourth-order valence-corrected chi connectivity index (χ4v) is 1.93. The highest BCUT2D eigenvalue weighted by atomic mass is 19.4. The maximum absolute atomic E-state index is 13.0. The van der Waals surface area contributed by atoms with Gasteiger partial charge >= 0.3 is 6.18 Å². The Kier molecular flexibility index (Phi) is 5.40. The van der Waals surface area contributed by atoms with Gasteiger partial charge in [-0.3, -0.25) is 4.90 Å². The smallest absolute Gasteiger partial charge is 0.399 e. The van der Waals surface area contributed by atoms with Crippen LogP contribution in [0.15, 0.2) is 18.2 Å². The van der Waals surface area contributed by atoms with E-state index in [1.165, 1.54) is 12.1 Å². The third-order valence-electron chi connectivity index (χ3n) is 3.05. The molecule has 0 spiro atoms. The van der Waals surface area contributed by atoms with Gasteiger partial charge in [-0.25, -0.2) is 0 Å². The Morgan fingerprint density at radius 1 is 1.35 bits per heavy atom. The van der Waals surface area contributed by atoms with Gasteiger partial charge in [-0.1, -0.05) is 6.07 Å². The van der Waals surface area contributed by atoms with Crippen molar-refractivity contribution >= 4 is 5.69 Å². The second-order valence-electron chi connectivity index (χ2n) is 4.89. The highest BCUT2D eigenvalue weighted by Crippen LogP contribution is 2.34. The Hall–Kier alpha value is -1.74. The summed E-state index contributed by atoms with van der Waals surface area (Å²) >= 11 is 0. The van der Waals surface area contributed by atoms with E-state index in [1.54, 1.807) is 0 Å². The molecule has 0 amide bonds. The van der Waals surface area contributed by atoms with Gasteiger partial charge in [-0.05, 0) is 31.5 Å². The van der Waals surface area contributed by atoms with Crippen LogP contribution in [0, 0.1) is 11.3 Å². The summed E-state index contributed by atoms with van der Waals surface area (Å²) in [5, 5.41) is 8.61. The minimum atomic E-state index is -4.43. The molecule has 1 aromatic carbocycles. The molecule has 0 fully saturated rings. The second kappa shape index (κ2) is 6.62. The number of nitrogens with zero attached hydrogens (tertiary/aromatic N) is 2. The summed E-state index contributed by atoms with van der Waals surface area (Å²) in [7, 11) is 0. The van der Waals surface area contributed by atoms with Crippen LogP contribution in [0.3, 0.4) is 0 Å². The molecule has 20 heavy (non-hydrogen) atoms. The fraction of sp³-hybridized carbons (Fsp3) is 0.500. The van der Waals surface area contributed by atoms with E-state index in [9.17, 15) is 13.2 Å². The lowest BCUT2D eigenvalue weighted by Crippen LogP contribution is -2.32. The van der Waals surface area contributed by atoms with Gasteiger partial charge < -0.3 is 5.73 Å². The zero-order valence-electron chi connectivity index (χ0n) is 11.5. The van der Waals surface area contributed by atoms with Crippen molar-refractivity contribution in [2.45, 2.75) is 39.0 Å². The summed E-state index contributed by atoms with van der Waals surface area (Å²) in [6.45, 7) is 4.37. The lowest BCUT2D eigenvalue weighted by Gasteiger charge is -2.27. The minimum Gasteiger partial charge on any atom is -0.399 e. The summed E-state index contributed by atoms with van der Waals surface area (Å²) in [5.41, 5.74) is 5.00. The van der Waals surface area contributed by atoms with Gasteiger partial charge in [0.15, 0.2) is 0 Å². The number of alkyl halides is 3. The van der Waals surface area contributed by atoms with Crippen molar-refractivity contribution in [2.24, 2.45) is 0 Å². The zero-order chi connectivity index (χ0) is 15.3. The standard InChI is InChI=1S/C14H18F3N3/c1-10(2)20(7-3-6-18)9-11-4-5-12(19)8-13(11)14(15,16)17/h4-5,8,10H,3,7,9,19H2,1-2H3. The average molecular weight is 285 g/mol. The molecule has 0 atom stereocenters. The van der Waals surface area contributed by atoms with Crippen molar-refractivity contribution in [3.05, 3.63) is 29.3 Å². The maximum atomic E-state index is 13.0. The molecule has 3 nitrogen and oxygen atoms in total. The predicted octanol–water partition coefficient (Wildman–Crippen LogP) is 3.41. The molecule has 6 heteroatoms. The Morgan fingerprint density at radius 3 is 2.50 bits per heavy atom. The summed E-state index contributed by atoms with van der Waals surface area (Å²) in [5.74, 6) is 0. The van der Waals surface area contributed by atoms with Crippen LogP contribution in [0.1, 0.15) is 31.4 Å². The van der Waals surface area contributed by atoms with Crippen LogP contribution in [0.25, 0.3) is 0 Å². The van der Waals surface area contributed by atoms with Crippen molar-refractivity contribution in [3.63, 3.8) is 0 Å². The van der Waals surface area contributed by atoms with Crippen molar-refractivity contribution < 1.29 is 13.2 Å². The Bertz CT molecular complexity index is 489. The van der Waals surface area contributed by atoms with Crippen molar-refractivity contribution in [3.8, 4) is 6.07 Å². The van der Waals surface area contributed by atoms with E-state index in [0.717, 1.165) is 6.07 Å². The fourth-order valence-electron chi connectivity index (χ4n) is 1.93. The third kappa shape index (κ3) is 4.42. The van der Waals surface area contributed by atoms with E-state index in [0.29, 0.717) is 6.54 Å². The SMILES string of the molecule is CC(C)N(CCC#N)Cc1ccc(N)cc1C(F)(F)F. The number of halogens is 3. The molecule has 0 aliphatic heterocycles. The maximum Gasteiger partial charge on any atom is 0.416 e. The highest BCUT2D eigenvalue weighted by molar-refractivity contribution is 5.46. The summed E-state index contributed by atoms with van der Waals surface area (Å²) < 4.78 is 39.0. The number of anilines is 1. The van der Waals surface area contributed by atoms with Gasteiger partial charge in [-0.15, -0.1) is 0 Å². The van der Waals surface area contributed by atoms with E-state index in [4.69, 9.17) is 11.0 Å². The number of nitrogens with two attached hydrogens (primary N) is 1. The van der Waals surface area contributed by atoms with Gasteiger partial charge in [0.25, 0.3) is 0 Å². The molecule has 0 aliphatic carbocycles. The molecular weight excluding hydrogens is 267 g/mol. The molecule has 0 bridgehead atoms. The molecular formula is C14H18F3N3. The lowest BCUT2D eigenvalue weighted by molar-refractivity contribution is -0.138. The van der Waals surface area contributed by atoms with Crippen LogP contribution < -0.4 is 5.73 Å². The number of nitriles is 1. The Balaban J connectivity index is 3.04. The molecule has 0 aliphatic rings. The van der Waals surface area contributed by atoms with Crippen LogP contribution >= 0.6 is 0 Å². The Labute approximate surface area is 116 Å². The molecule has 0 heterocycles. The second-order valence-corrected chi connectivity index (χ2v) is 4.89. The predicted molar refractivity (Wildman–Crippen MR) is 71.6 cm³/mol. The van der Waals surface area contributed by atoms with E-state index < -0.39 is 11.7 Å². The monoisotopic (exact) mass is 285 g/mol. The largest absolute Gasteiger partial charge is 0.416 e. The van der Waals surface area contributed by atoms with Gasteiger partial charge in [0.1, 0.15) is 0 Å². The zero-order valence-corrected chi connectivity index (χ0v) is 11.5. The molecule has 110 valence electrons. The molecule has 0 unspecified atom stereocenters. The van der Waals surface area contributed by atoms with Crippen molar-refractivity contribution in [1.82, 2.24) is 4.90 Å². The molecule has 1 rings (SSSR count). The van der Waals surface area contributed by atoms with E-state index in [2.05, 4.69) is 0 Å². The Morgan fingerprint density at radius 2 is 2.00 bits per heavy atom. The molecule has 0 saturated carbocycles. The van der Waals surface area contributed by atoms with E-state index in [1.807, 2.05) is 24.8 Å². The van der Waals surface area contributed by atoms with Crippen LogP contribution in [-0.4, -0.2) is 17.5 Å². The highest BCUT2D eigenvalue weighted by Gasteiger charge is 2.33. The topological polar surface area (TPSA) is 53.0 Å². The first-order chi connectivity index (χ1) is 9.25. The quantitative estimate of drug-likeness (QED) is 0.843. The number of hydrogen-bond acceptors (Lipinski definition) is 3. The first-order valence-electron chi connectivity index (χ1n) is 6.32. The van der Waals surface area contributed by atoms with Gasteiger partial charge in [-0.2, -0.15) is 18.4 Å². The number of hydrogen-bond donors (Lipinski definition) is 1. The average Bonchev–Trinajstić information content (AvgIpc) is 2.34. The summed E-state index contributed by atoms with van der Waals surface area (Å²) in [6.07, 6.45) is -4.14. The van der Waals surface area contributed by atoms with E-state index in [-0.39, 0.29) is 30.3 Å². The molecule has 0 aromatic heterocycles. The van der Waals surface area contributed by atoms with Crippen LogP contribution in [0.5, 0.6) is 0 Å². The lowest BCUT2D eigenvalue weighted by atomic mass is 10.0. The van der Waals surface area contributed by atoms with Crippen molar-refractivity contribution in [1.29, 1.82) is 5.26 Å². The number of rotatable bonds is 5. The summed E-state index contributed by atoms with van der Waals surface area (Å²) in [4.78, 5) is 1.84. The van der Waals surface area contributed by atoms with Crippen molar-refractivity contribution in [2.75, 3.05) is 12.3 Å². The molecule has 2 N–H and O–H groups in total. The van der Waals surface area contributed by atoms with Gasteiger partial charge in [0.2, 0.25) is 0 Å². The molecule has 0 saturated heterocycles. The van der Waals surface area contributed by atoms with Crippen LogP contribution in [0.2, 0.25) is 0 Å². The first kappa shape index (κ1) is 16.3. The third-order valence-corrected chi connectivity index (χ3v) is 3.05.